The molecule has 0 aliphatic rings. The smallest absolute Gasteiger partial charge is 0.255 e. The summed E-state index contributed by atoms with van der Waals surface area (Å²) in [5, 5.41) is 14.8. The molecule has 1 N–H and O–H groups in total. The van der Waals surface area contributed by atoms with E-state index in [0.717, 1.165) is 11.0 Å². The van der Waals surface area contributed by atoms with Crippen LogP contribution in [0.5, 0.6) is 0 Å². The van der Waals surface area contributed by atoms with E-state index in [1.54, 1.807) is 54.6 Å². The number of rotatable bonds is 7. The fraction of sp³-hybridized carbons (Fsp3) is 0.0455. The average Bonchev–Trinajstić information content (AvgIpc) is 3.21. The largest absolute Gasteiger partial charge is 0.280 e. The minimum atomic E-state index is -3.73. The highest BCUT2D eigenvalue weighted by Gasteiger charge is 2.10. The van der Waals surface area contributed by atoms with Gasteiger partial charge in [0, 0.05) is 21.3 Å². The second-order valence-electron chi connectivity index (χ2n) is 6.86. The van der Waals surface area contributed by atoms with Gasteiger partial charge < -0.3 is 0 Å². The number of nitrogens with one attached hydrogen (secondary N) is 1. The Morgan fingerprint density at radius 2 is 1.69 bits per heavy atom. The van der Waals surface area contributed by atoms with Gasteiger partial charge in [0.15, 0.2) is 0 Å². The second-order valence-corrected chi connectivity index (χ2v) is 9.30. The predicted molar refractivity (Wildman–Crippen MR) is 127 cm³/mol. The number of hydrogen-bond acceptors (Lipinski definition) is 5. The number of nitrogens with zero attached hydrogens (tertiary/aromatic N) is 4. The van der Waals surface area contributed by atoms with Crippen molar-refractivity contribution in [1.29, 1.82) is 0 Å². The highest BCUT2D eigenvalue weighted by Crippen LogP contribution is 2.21. The predicted octanol–water partition coefficient (Wildman–Crippen LogP) is 5.11. The molecule has 0 aliphatic carbocycles. The van der Waals surface area contributed by atoms with Gasteiger partial charge in [0.05, 0.1) is 12.0 Å². The molecule has 0 unspecified atom stereocenters. The van der Waals surface area contributed by atoms with Crippen molar-refractivity contribution in [1.82, 2.24) is 20.2 Å². The van der Waals surface area contributed by atoms with Gasteiger partial charge in [-0.3, -0.25) is 4.72 Å². The van der Waals surface area contributed by atoms with Crippen LogP contribution in [-0.4, -0.2) is 28.6 Å². The van der Waals surface area contributed by atoms with Crippen LogP contribution in [0.3, 0.4) is 0 Å². The van der Waals surface area contributed by atoms with Gasteiger partial charge in [0.2, 0.25) is 5.82 Å². The maximum Gasteiger partial charge on any atom is 0.255 e. The molecular weight excluding hydrogens is 469 g/mol. The highest BCUT2D eigenvalue weighted by atomic mass is 35.5. The fourth-order valence-electron chi connectivity index (χ4n) is 2.92. The van der Waals surface area contributed by atoms with E-state index >= 15 is 0 Å². The summed E-state index contributed by atoms with van der Waals surface area (Å²) in [6.07, 6.45) is 1.47. The monoisotopic (exact) mass is 485 g/mol. The summed E-state index contributed by atoms with van der Waals surface area (Å²) in [4.78, 5) is 1.45. The average molecular weight is 486 g/mol. The van der Waals surface area contributed by atoms with Gasteiger partial charge in [-0.05, 0) is 58.8 Å². The van der Waals surface area contributed by atoms with Crippen LogP contribution in [0, 0.1) is 0 Å². The van der Waals surface area contributed by atoms with Crippen molar-refractivity contribution in [3.8, 4) is 11.4 Å². The van der Waals surface area contributed by atoms with Gasteiger partial charge in [-0.15, -0.1) is 10.2 Å². The lowest BCUT2D eigenvalue weighted by Crippen LogP contribution is -2.08. The lowest BCUT2D eigenvalue weighted by Gasteiger charge is -2.05. The Bertz CT molecular complexity index is 1390. The lowest BCUT2D eigenvalue weighted by atomic mass is 10.2. The summed E-state index contributed by atoms with van der Waals surface area (Å²) >= 11 is 11.9. The van der Waals surface area contributed by atoms with Crippen molar-refractivity contribution in [2.24, 2.45) is 0 Å². The van der Waals surface area contributed by atoms with Crippen LogP contribution >= 0.6 is 23.2 Å². The third kappa shape index (κ3) is 5.94. The number of benzene rings is 3. The molecule has 32 heavy (non-hydrogen) atoms. The molecule has 4 rings (SSSR count). The van der Waals surface area contributed by atoms with Crippen LogP contribution in [0.15, 0.2) is 78.2 Å². The van der Waals surface area contributed by atoms with E-state index in [0.29, 0.717) is 39.2 Å². The van der Waals surface area contributed by atoms with Crippen molar-refractivity contribution < 1.29 is 8.42 Å². The zero-order valence-electron chi connectivity index (χ0n) is 16.6. The van der Waals surface area contributed by atoms with E-state index in [1.165, 1.54) is 10.9 Å². The number of anilines is 1. The first-order valence-corrected chi connectivity index (χ1v) is 11.8. The van der Waals surface area contributed by atoms with E-state index < -0.39 is 10.0 Å². The number of tetrazole rings is 1. The van der Waals surface area contributed by atoms with E-state index in [-0.39, 0.29) is 0 Å². The molecule has 7 nitrogen and oxygen atoms in total. The van der Waals surface area contributed by atoms with Gasteiger partial charge in [-0.25, -0.2) is 8.42 Å². The van der Waals surface area contributed by atoms with Crippen molar-refractivity contribution >= 4 is 45.0 Å². The molecule has 1 heterocycles. The van der Waals surface area contributed by atoms with Gasteiger partial charge >= 0.3 is 0 Å². The Balaban J connectivity index is 1.48. The molecule has 0 radical (unpaired) electrons. The van der Waals surface area contributed by atoms with Gasteiger partial charge in [-0.1, -0.05) is 59.6 Å². The van der Waals surface area contributed by atoms with Crippen molar-refractivity contribution in [3.05, 3.63) is 99.4 Å². The summed E-state index contributed by atoms with van der Waals surface area (Å²) < 4.78 is 27.4. The third-order valence-electron chi connectivity index (χ3n) is 4.34. The maximum absolute atomic E-state index is 12.5. The molecule has 0 bridgehead atoms. The standard InChI is InChI=1S/C22H17Cl2N5O2S/c23-19-7-1-4-16(12-19)10-11-32(30,31)27-21-9-3-6-18(14-21)22-25-28-29(26-22)15-17-5-2-8-20(24)13-17/h1-14,27H,15H2/b11-10+. The van der Waals surface area contributed by atoms with Crippen LogP contribution in [0.2, 0.25) is 10.0 Å². The van der Waals surface area contributed by atoms with Crippen LogP contribution < -0.4 is 4.72 Å². The normalized spacial score (nSPS) is 11.7. The quantitative estimate of drug-likeness (QED) is 0.392. The summed E-state index contributed by atoms with van der Waals surface area (Å²) in [5.74, 6) is 0.377. The molecule has 0 spiro atoms. The Hall–Kier alpha value is -3.20. The Morgan fingerprint density at radius 1 is 0.938 bits per heavy atom. The molecule has 162 valence electrons. The first kappa shape index (κ1) is 22.0. The summed E-state index contributed by atoms with van der Waals surface area (Å²) in [6.45, 7) is 0.411. The third-order valence-corrected chi connectivity index (χ3v) is 5.82. The molecular formula is C22H17Cl2N5O2S. The zero-order valence-corrected chi connectivity index (χ0v) is 18.9. The number of aromatic nitrogens is 4. The molecule has 0 atom stereocenters. The van der Waals surface area contributed by atoms with E-state index in [4.69, 9.17) is 23.2 Å². The first-order valence-electron chi connectivity index (χ1n) is 9.45. The second kappa shape index (κ2) is 9.52. The van der Waals surface area contributed by atoms with Crippen molar-refractivity contribution in [3.63, 3.8) is 0 Å². The summed E-state index contributed by atoms with van der Waals surface area (Å²) in [7, 11) is -3.73. The van der Waals surface area contributed by atoms with E-state index in [2.05, 4.69) is 20.1 Å². The van der Waals surface area contributed by atoms with Crippen LogP contribution in [-0.2, 0) is 16.6 Å². The van der Waals surface area contributed by atoms with Gasteiger partial charge in [-0.2, -0.15) is 4.80 Å². The summed E-state index contributed by atoms with van der Waals surface area (Å²) in [6, 6.07) is 21.1. The molecule has 0 aliphatic heterocycles. The first-order chi connectivity index (χ1) is 15.4. The van der Waals surface area contributed by atoms with Crippen LogP contribution in [0.1, 0.15) is 11.1 Å². The summed E-state index contributed by atoms with van der Waals surface area (Å²) in [5.41, 5.74) is 2.62. The lowest BCUT2D eigenvalue weighted by molar-refractivity contribution is 0.573. The molecule has 0 fully saturated rings. The minimum Gasteiger partial charge on any atom is -0.280 e. The SMILES string of the molecule is O=S(=O)(/C=C/c1cccc(Cl)c1)Nc1cccc(-c2nnn(Cc3cccc(Cl)c3)n2)c1. The molecule has 0 amide bonds. The van der Waals surface area contributed by atoms with Crippen molar-refractivity contribution in [2.45, 2.75) is 6.54 Å². The molecule has 4 aromatic rings. The van der Waals surface area contributed by atoms with Gasteiger partial charge in [0.25, 0.3) is 10.0 Å². The Morgan fingerprint density at radius 3 is 2.47 bits per heavy atom. The zero-order chi connectivity index (χ0) is 22.6. The molecule has 0 saturated carbocycles. The Kier molecular flexibility index (Phi) is 6.55. The Labute approximate surface area is 195 Å². The van der Waals surface area contributed by atoms with E-state index in [9.17, 15) is 8.42 Å². The molecule has 10 heteroatoms. The molecule has 3 aromatic carbocycles. The number of hydrogen-bond donors (Lipinski definition) is 1. The number of sulfonamides is 1. The highest BCUT2D eigenvalue weighted by molar-refractivity contribution is 7.95. The minimum absolute atomic E-state index is 0.377. The molecule has 0 saturated heterocycles. The maximum atomic E-state index is 12.5. The van der Waals surface area contributed by atoms with Crippen molar-refractivity contribution in [2.75, 3.05) is 4.72 Å². The topological polar surface area (TPSA) is 89.8 Å². The van der Waals surface area contributed by atoms with Crippen LogP contribution in [0.25, 0.3) is 17.5 Å². The van der Waals surface area contributed by atoms with Gasteiger partial charge in [0.1, 0.15) is 0 Å². The van der Waals surface area contributed by atoms with E-state index in [1.807, 2.05) is 18.2 Å². The molecule has 1 aromatic heterocycles. The van der Waals surface area contributed by atoms with Crippen LogP contribution in [0.4, 0.5) is 5.69 Å². The fourth-order valence-corrected chi connectivity index (χ4v) is 4.19. The number of halogens is 2.